The Bertz CT molecular complexity index is 997. The number of aromatic nitrogens is 2. The van der Waals surface area contributed by atoms with Crippen molar-refractivity contribution in [1.29, 1.82) is 0 Å². The maximum Gasteiger partial charge on any atom is 0.434 e. The molecule has 2 unspecified atom stereocenters. The number of hydrogen-bond donors (Lipinski definition) is 1. The Morgan fingerprint density at radius 3 is 2.41 bits per heavy atom. The smallest absolute Gasteiger partial charge is 0.434 e. The highest BCUT2D eigenvalue weighted by Crippen LogP contribution is 2.47. The van der Waals surface area contributed by atoms with Crippen molar-refractivity contribution in [2.24, 2.45) is 7.05 Å². The van der Waals surface area contributed by atoms with E-state index in [9.17, 15) is 14.7 Å². The van der Waals surface area contributed by atoms with Crippen LogP contribution in [0.2, 0.25) is 0 Å². The monoisotopic (exact) mass is 690 g/mol. The van der Waals surface area contributed by atoms with E-state index >= 15 is 0 Å². The Labute approximate surface area is 247 Å². The molecular formula is C23H38Cl2IN6O4P. The first kappa shape index (κ1) is 34.2. The molecule has 2 atom stereocenters. The number of nitro groups is 1. The minimum atomic E-state index is -3.51. The third kappa shape index (κ3) is 10.7. The summed E-state index contributed by atoms with van der Waals surface area (Å²) in [4.78, 5) is 14.3. The Kier molecular flexibility index (Phi) is 15.7. The fraction of sp³-hybridized carbons (Fsp3) is 0.609. The lowest BCUT2D eigenvalue weighted by molar-refractivity contribution is -0.921. The molecule has 0 fully saturated rings. The third-order valence-electron chi connectivity index (χ3n) is 6.28. The van der Waals surface area contributed by atoms with E-state index in [0.717, 1.165) is 37.0 Å². The van der Waals surface area contributed by atoms with Crippen LogP contribution in [0.5, 0.6) is 0 Å². The minimum Gasteiger partial charge on any atom is -1.00 e. The maximum absolute atomic E-state index is 13.9. The molecule has 10 nitrogen and oxygen atoms in total. The first-order valence-electron chi connectivity index (χ1n) is 12.1. The standard InChI is InChI=1S/C23H38Cl2N6O4P.HI/c1-4-31(3,19-21-10-6-5-7-11-21)17-9-8-14-27-36(34,29(15-12-24)16-13-25)35-20-22-18-26-23(28(22)2)30(32)33;/h5-7,10-11,18H,4,8-9,12-17,19-20H2,1-3H3,(H,27,34);1H/q+1;/p-1. The molecule has 0 aliphatic rings. The van der Waals surface area contributed by atoms with E-state index in [2.05, 4.69) is 48.3 Å². The summed E-state index contributed by atoms with van der Waals surface area (Å²) in [5.41, 5.74) is 1.75. The molecule has 210 valence electrons. The van der Waals surface area contributed by atoms with Crippen molar-refractivity contribution in [3.63, 3.8) is 0 Å². The number of quaternary nitrogens is 1. The van der Waals surface area contributed by atoms with Crippen molar-refractivity contribution < 1.29 is 42.5 Å². The predicted molar refractivity (Wildman–Crippen MR) is 144 cm³/mol. The summed E-state index contributed by atoms with van der Waals surface area (Å²) in [5.74, 6) is 0.214. The van der Waals surface area contributed by atoms with Crippen molar-refractivity contribution in [3.05, 3.63) is 57.9 Å². The number of nitrogens with one attached hydrogen (secondary N) is 1. The van der Waals surface area contributed by atoms with Gasteiger partial charge in [0.2, 0.25) is 0 Å². The summed E-state index contributed by atoms with van der Waals surface area (Å²) in [6.07, 6.45) is 3.11. The van der Waals surface area contributed by atoms with Gasteiger partial charge in [-0.3, -0.25) is 9.09 Å². The molecule has 1 aromatic carbocycles. The molecule has 0 saturated heterocycles. The fourth-order valence-corrected chi connectivity index (χ4v) is 6.47. The number of nitrogens with zero attached hydrogens (tertiary/aromatic N) is 5. The van der Waals surface area contributed by atoms with Gasteiger partial charge in [0.15, 0.2) is 0 Å². The topological polar surface area (TPSA) is 103 Å². The number of benzene rings is 1. The van der Waals surface area contributed by atoms with Crippen molar-refractivity contribution in [3.8, 4) is 0 Å². The van der Waals surface area contributed by atoms with E-state index < -0.39 is 12.6 Å². The molecule has 0 bridgehead atoms. The summed E-state index contributed by atoms with van der Waals surface area (Å²) >= 11 is 11.9. The summed E-state index contributed by atoms with van der Waals surface area (Å²) in [7, 11) is 0.271. The van der Waals surface area contributed by atoms with Crippen LogP contribution in [0.1, 0.15) is 31.0 Å². The largest absolute Gasteiger partial charge is 1.00 e. The normalized spacial score (nSPS) is 14.6. The highest BCUT2D eigenvalue weighted by atomic mass is 127. The summed E-state index contributed by atoms with van der Waals surface area (Å²) in [5, 5.41) is 14.2. The van der Waals surface area contributed by atoms with E-state index in [1.54, 1.807) is 4.67 Å². The molecule has 37 heavy (non-hydrogen) atoms. The van der Waals surface area contributed by atoms with Crippen molar-refractivity contribution in [2.75, 3.05) is 51.5 Å². The molecule has 14 heteroatoms. The molecule has 1 aromatic heterocycles. The second kappa shape index (κ2) is 17.0. The number of hydrogen-bond acceptors (Lipinski definition) is 5. The van der Waals surface area contributed by atoms with E-state index in [-0.39, 0.29) is 48.3 Å². The number of imidazole rings is 1. The zero-order valence-corrected chi connectivity index (χ0v) is 26.3. The second-order valence-electron chi connectivity index (χ2n) is 8.91. The van der Waals surface area contributed by atoms with Gasteiger partial charge in [0.05, 0.1) is 27.2 Å². The molecule has 2 aromatic rings. The molecule has 0 amide bonds. The van der Waals surface area contributed by atoms with E-state index in [1.807, 2.05) is 6.07 Å². The SMILES string of the molecule is CC[N+](C)(CCCCNP(=O)(OCc1cnc([N+](=O)[O-])n1C)N(CCCl)CCCl)Cc1ccccc1.[I-]. The average Bonchev–Trinajstić information content (AvgIpc) is 3.23. The number of unbranched alkanes of at least 4 members (excludes halogenated alkanes) is 1. The van der Waals surface area contributed by atoms with Crippen molar-refractivity contribution in [1.82, 2.24) is 19.3 Å². The quantitative estimate of drug-likeness (QED) is 0.0484. The van der Waals surface area contributed by atoms with Gasteiger partial charge in [-0.1, -0.05) is 35.3 Å². The summed E-state index contributed by atoms with van der Waals surface area (Å²) in [6.45, 7) is 6.19. The van der Waals surface area contributed by atoms with Crippen LogP contribution < -0.4 is 29.1 Å². The number of rotatable bonds is 18. The van der Waals surface area contributed by atoms with Gasteiger partial charge in [-0.25, -0.2) is 14.3 Å². The first-order valence-corrected chi connectivity index (χ1v) is 14.7. The summed E-state index contributed by atoms with van der Waals surface area (Å²) < 4.78 is 23.6. The molecule has 0 radical (unpaired) electrons. The van der Waals surface area contributed by atoms with Gasteiger partial charge >= 0.3 is 13.6 Å². The molecule has 0 saturated carbocycles. The highest BCUT2D eigenvalue weighted by Gasteiger charge is 2.32. The third-order valence-corrected chi connectivity index (χ3v) is 8.86. The van der Waals surface area contributed by atoms with Gasteiger partial charge in [0, 0.05) is 37.0 Å². The van der Waals surface area contributed by atoms with Gasteiger partial charge in [-0.2, -0.15) is 0 Å². The molecular weight excluding hydrogens is 653 g/mol. The lowest BCUT2D eigenvalue weighted by Gasteiger charge is -2.34. The summed E-state index contributed by atoms with van der Waals surface area (Å²) in [6, 6.07) is 10.5. The molecule has 1 heterocycles. The second-order valence-corrected chi connectivity index (χ2v) is 11.8. The Hall–Kier alpha value is -0.790. The van der Waals surface area contributed by atoms with Gasteiger partial charge in [-0.15, -0.1) is 23.2 Å². The van der Waals surface area contributed by atoms with E-state index in [1.165, 1.54) is 23.4 Å². The molecule has 1 N–H and O–H groups in total. The Morgan fingerprint density at radius 2 is 1.86 bits per heavy atom. The van der Waals surface area contributed by atoms with Gasteiger partial charge in [0.25, 0.3) is 0 Å². The maximum atomic E-state index is 13.9. The van der Waals surface area contributed by atoms with Crippen LogP contribution in [-0.4, -0.2) is 75.2 Å². The molecule has 2 rings (SSSR count). The minimum absolute atomic E-state index is 0. The van der Waals surface area contributed by atoms with Gasteiger partial charge in [-0.05, 0) is 24.7 Å². The fourth-order valence-electron chi connectivity index (χ4n) is 3.90. The zero-order valence-electron chi connectivity index (χ0n) is 21.7. The van der Waals surface area contributed by atoms with Crippen LogP contribution in [0, 0.1) is 10.1 Å². The lowest BCUT2D eigenvalue weighted by Crippen LogP contribution is -3.00. The predicted octanol–water partition coefficient (Wildman–Crippen LogP) is 1.77. The van der Waals surface area contributed by atoms with Crippen LogP contribution in [0.3, 0.4) is 0 Å². The number of halogens is 3. The first-order chi connectivity index (χ1) is 17.2. The Morgan fingerprint density at radius 1 is 1.22 bits per heavy atom. The van der Waals surface area contributed by atoms with E-state index in [0.29, 0.717) is 25.3 Å². The number of alkyl halides is 2. The van der Waals surface area contributed by atoms with Crippen LogP contribution in [-0.2, 0) is 29.3 Å². The molecule has 0 aliphatic heterocycles. The molecule has 0 aliphatic carbocycles. The lowest BCUT2D eigenvalue weighted by atomic mass is 10.1. The molecule has 0 spiro atoms. The van der Waals surface area contributed by atoms with Gasteiger partial charge in [0.1, 0.15) is 25.0 Å². The van der Waals surface area contributed by atoms with Gasteiger partial charge < -0.3 is 38.6 Å². The average molecular weight is 691 g/mol. The zero-order chi connectivity index (χ0) is 26.6. The Balaban J connectivity index is 0.00000684. The van der Waals surface area contributed by atoms with Crippen LogP contribution in [0.15, 0.2) is 36.5 Å². The van der Waals surface area contributed by atoms with Crippen molar-refractivity contribution >= 4 is 36.8 Å². The highest BCUT2D eigenvalue weighted by molar-refractivity contribution is 7.54. The van der Waals surface area contributed by atoms with Crippen LogP contribution in [0.25, 0.3) is 0 Å². The van der Waals surface area contributed by atoms with Crippen LogP contribution >= 0.6 is 30.9 Å². The van der Waals surface area contributed by atoms with Crippen LogP contribution in [0.4, 0.5) is 5.95 Å². The van der Waals surface area contributed by atoms with Crippen molar-refractivity contribution in [2.45, 2.75) is 32.9 Å². The van der Waals surface area contributed by atoms with E-state index in [4.69, 9.17) is 27.7 Å².